The molecule has 1 heterocycles. The summed E-state index contributed by atoms with van der Waals surface area (Å²) in [4.78, 5) is 0. The van der Waals surface area contributed by atoms with Crippen LogP contribution in [0.5, 0.6) is 0 Å². The van der Waals surface area contributed by atoms with Crippen LogP contribution in [-0.2, 0) is 7.05 Å². The number of benzene rings is 1. The lowest BCUT2D eigenvalue weighted by Crippen LogP contribution is -1.96. The predicted octanol–water partition coefficient (Wildman–Crippen LogP) is 2.82. The number of nitrogens with one attached hydrogen (secondary N) is 1. The van der Waals surface area contributed by atoms with Crippen molar-refractivity contribution in [3.8, 4) is 0 Å². The molecule has 0 aliphatic rings. The van der Waals surface area contributed by atoms with E-state index in [1.165, 1.54) is 0 Å². The molecule has 84 valence electrons. The summed E-state index contributed by atoms with van der Waals surface area (Å²) < 4.78 is 2.76. The molecule has 3 N–H and O–H groups in total. The molecule has 0 atom stereocenters. The highest BCUT2D eigenvalue weighted by Gasteiger charge is 2.05. The number of nitrogen functional groups attached to an aromatic ring is 1. The molecule has 0 amide bonds. The minimum absolute atomic E-state index is 0.714. The lowest BCUT2D eigenvalue weighted by atomic mass is 10.2. The Bertz CT molecular complexity index is 519. The number of anilines is 3. The summed E-state index contributed by atoms with van der Waals surface area (Å²) in [5.74, 6) is 0. The van der Waals surface area contributed by atoms with E-state index < -0.39 is 0 Å². The lowest BCUT2D eigenvalue weighted by Gasteiger charge is -2.08. The molecule has 5 heteroatoms. The average molecular weight is 281 g/mol. The van der Waals surface area contributed by atoms with Gasteiger partial charge in [0.25, 0.3) is 0 Å². The van der Waals surface area contributed by atoms with E-state index in [1.807, 2.05) is 38.4 Å². The van der Waals surface area contributed by atoms with Gasteiger partial charge in [-0.1, -0.05) is 15.9 Å². The van der Waals surface area contributed by atoms with Crippen molar-refractivity contribution in [2.75, 3.05) is 11.1 Å². The first-order valence-corrected chi connectivity index (χ1v) is 5.68. The first-order valence-electron chi connectivity index (χ1n) is 4.88. The zero-order valence-electron chi connectivity index (χ0n) is 9.16. The first kappa shape index (κ1) is 11.0. The summed E-state index contributed by atoms with van der Waals surface area (Å²) in [5.41, 5.74) is 9.39. The average Bonchev–Trinajstić information content (AvgIpc) is 2.51. The SMILES string of the molecule is Cc1nn(C)cc1Nc1cc(Br)ccc1N. The maximum atomic E-state index is 5.88. The van der Waals surface area contributed by atoms with Gasteiger partial charge in [-0.05, 0) is 25.1 Å². The zero-order chi connectivity index (χ0) is 11.7. The molecule has 0 aliphatic heterocycles. The molecule has 0 aliphatic carbocycles. The van der Waals surface area contributed by atoms with Gasteiger partial charge >= 0.3 is 0 Å². The summed E-state index contributed by atoms with van der Waals surface area (Å²) >= 11 is 3.42. The Balaban J connectivity index is 2.33. The van der Waals surface area contributed by atoms with Crippen molar-refractivity contribution in [2.45, 2.75) is 6.92 Å². The smallest absolute Gasteiger partial charge is 0.0828 e. The number of nitrogens with two attached hydrogens (primary N) is 1. The zero-order valence-corrected chi connectivity index (χ0v) is 10.7. The highest BCUT2D eigenvalue weighted by Crippen LogP contribution is 2.27. The summed E-state index contributed by atoms with van der Waals surface area (Å²) in [6.07, 6.45) is 1.93. The van der Waals surface area contributed by atoms with Crippen molar-refractivity contribution >= 4 is 33.0 Å². The van der Waals surface area contributed by atoms with Gasteiger partial charge in [-0.25, -0.2) is 0 Å². The minimum atomic E-state index is 0.714. The normalized spacial score (nSPS) is 10.4. The van der Waals surface area contributed by atoms with Crippen molar-refractivity contribution in [1.82, 2.24) is 9.78 Å². The number of nitrogens with zero attached hydrogens (tertiary/aromatic N) is 2. The van der Waals surface area contributed by atoms with Gasteiger partial charge < -0.3 is 11.1 Å². The predicted molar refractivity (Wildman–Crippen MR) is 69.8 cm³/mol. The van der Waals surface area contributed by atoms with Crippen LogP contribution in [-0.4, -0.2) is 9.78 Å². The van der Waals surface area contributed by atoms with Gasteiger partial charge in [0.2, 0.25) is 0 Å². The maximum absolute atomic E-state index is 5.88. The highest BCUT2D eigenvalue weighted by molar-refractivity contribution is 9.10. The van der Waals surface area contributed by atoms with Gasteiger partial charge in [0.15, 0.2) is 0 Å². The largest absolute Gasteiger partial charge is 0.397 e. The van der Waals surface area contributed by atoms with E-state index in [0.717, 1.165) is 21.5 Å². The number of hydrogen-bond donors (Lipinski definition) is 2. The van der Waals surface area contributed by atoms with Crippen LogP contribution in [0.2, 0.25) is 0 Å². The molecule has 0 fully saturated rings. The van der Waals surface area contributed by atoms with Crippen molar-refractivity contribution in [1.29, 1.82) is 0 Å². The molecule has 0 bridgehead atoms. The van der Waals surface area contributed by atoms with E-state index in [1.54, 1.807) is 4.68 Å². The van der Waals surface area contributed by atoms with Crippen molar-refractivity contribution in [2.24, 2.45) is 7.05 Å². The summed E-state index contributed by atoms with van der Waals surface area (Å²) in [7, 11) is 1.89. The van der Waals surface area contributed by atoms with Gasteiger partial charge in [-0.3, -0.25) is 4.68 Å². The van der Waals surface area contributed by atoms with Crippen molar-refractivity contribution in [3.63, 3.8) is 0 Å². The van der Waals surface area contributed by atoms with Crippen LogP contribution in [0.4, 0.5) is 17.1 Å². The molecular formula is C11H13BrN4. The fourth-order valence-corrected chi connectivity index (χ4v) is 1.87. The van der Waals surface area contributed by atoms with E-state index in [2.05, 4.69) is 26.3 Å². The number of halogens is 1. The van der Waals surface area contributed by atoms with Gasteiger partial charge in [0, 0.05) is 17.7 Å². The molecule has 0 spiro atoms. The Hall–Kier alpha value is -1.49. The number of rotatable bonds is 2. The van der Waals surface area contributed by atoms with Gasteiger partial charge in [-0.15, -0.1) is 0 Å². The third-order valence-electron chi connectivity index (χ3n) is 2.30. The number of hydrogen-bond acceptors (Lipinski definition) is 3. The Morgan fingerprint density at radius 3 is 2.75 bits per heavy atom. The molecule has 0 unspecified atom stereocenters. The molecular weight excluding hydrogens is 268 g/mol. The summed E-state index contributed by atoms with van der Waals surface area (Å²) in [6.45, 7) is 1.95. The van der Waals surface area contributed by atoms with E-state index in [0.29, 0.717) is 5.69 Å². The lowest BCUT2D eigenvalue weighted by molar-refractivity contribution is 0.756. The fourth-order valence-electron chi connectivity index (χ4n) is 1.50. The fraction of sp³-hybridized carbons (Fsp3) is 0.182. The number of aryl methyl sites for hydroxylation is 2. The molecule has 0 saturated carbocycles. The second kappa shape index (κ2) is 4.17. The molecule has 2 aromatic rings. The molecule has 2 rings (SSSR count). The first-order chi connectivity index (χ1) is 7.56. The third kappa shape index (κ3) is 2.19. The van der Waals surface area contributed by atoms with Crippen LogP contribution in [0, 0.1) is 6.92 Å². The Labute approximate surface area is 103 Å². The van der Waals surface area contributed by atoms with E-state index in [4.69, 9.17) is 5.73 Å². The molecule has 1 aromatic heterocycles. The Morgan fingerprint density at radius 2 is 2.12 bits per heavy atom. The topological polar surface area (TPSA) is 55.9 Å². The van der Waals surface area contributed by atoms with E-state index in [-0.39, 0.29) is 0 Å². The van der Waals surface area contributed by atoms with Crippen LogP contribution in [0.1, 0.15) is 5.69 Å². The minimum Gasteiger partial charge on any atom is -0.397 e. The van der Waals surface area contributed by atoms with Gasteiger partial charge in [-0.2, -0.15) is 5.10 Å². The van der Waals surface area contributed by atoms with Crippen molar-refractivity contribution in [3.05, 3.63) is 34.6 Å². The van der Waals surface area contributed by atoms with Crippen LogP contribution in [0.15, 0.2) is 28.9 Å². The van der Waals surface area contributed by atoms with E-state index >= 15 is 0 Å². The number of aromatic nitrogens is 2. The molecule has 1 aromatic carbocycles. The second-order valence-electron chi connectivity index (χ2n) is 3.66. The summed E-state index contributed by atoms with van der Waals surface area (Å²) in [6, 6.07) is 5.72. The van der Waals surface area contributed by atoms with Crippen LogP contribution >= 0.6 is 15.9 Å². The molecule has 0 radical (unpaired) electrons. The monoisotopic (exact) mass is 280 g/mol. The molecule has 0 saturated heterocycles. The van der Waals surface area contributed by atoms with Crippen LogP contribution < -0.4 is 11.1 Å². The molecule has 4 nitrogen and oxygen atoms in total. The Morgan fingerprint density at radius 1 is 1.38 bits per heavy atom. The van der Waals surface area contributed by atoms with Gasteiger partial charge in [0.1, 0.15) is 0 Å². The standard InChI is InChI=1S/C11H13BrN4/c1-7-11(6-16(2)15-7)14-10-5-8(12)3-4-9(10)13/h3-6,14H,13H2,1-2H3. The summed E-state index contributed by atoms with van der Waals surface area (Å²) in [5, 5.41) is 7.52. The highest BCUT2D eigenvalue weighted by atomic mass is 79.9. The quantitative estimate of drug-likeness (QED) is 0.832. The maximum Gasteiger partial charge on any atom is 0.0828 e. The third-order valence-corrected chi connectivity index (χ3v) is 2.79. The van der Waals surface area contributed by atoms with Crippen molar-refractivity contribution < 1.29 is 0 Å². The van der Waals surface area contributed by atoms with E-state index in [9.17, 15) is 0 Å². The molecule has 16 heavy (non-hydrogen) atoms. The van der Waals surface area contributed by atoms with Gasteiger partial charge in [0.05, 0.1) is 22.8 Å². The Kier molecular flexibility index (Phi) is 2.87. The van der Waals surface area contributed by atoms with Crippen LogP contribution in [0.25, 0.3) is 0 Å². The van der Waals surface area contributed by atoms with Crippen LogP contribution in [0.3, 0.4) is 0 Å². The second-order valence-corrected chi connectivity index (χ2v) is 4.57.